The van der Waals surface area contributed by atoms with Gasteiger partial charge in [0.15, 0.2) is 5.82 Å². The van der Waals surface area contributed by atoms with Gasteiger partial charge in [-0.3, -0.25) is 0 Å². The summed E-state index contributed by atoms with van der Waals surface area (Å²) in [6, 6.07) is 10.4. The van der Waals surface area contributed by atoms with Gasteiger partial charge in [-0.1, -0.05) is 0 Å². The minimum absolute atomic E-state index is 0.287. The summed E-state index contributed by atoms with van der Waals surface area (Å²) in [7, 11) is 1.29. The first-order valence-electron chi connectivity index (χ1n) is 5.75. The molecule has 1 heterocycles. The molecule has 1 aromatic heterocycles. The van der Waals surface area contributed by atoms with Crippen LogP contribution in [0.4, 0.5) is 17.2 Å². The van der Waals surface area contributed by atoms with E-state index in [1.54, 1.807) is 24.3 Å². The number of rotatable bonds is 3. The van der Waals surface area contributed by atoms with Gasteiger partial charge >= 0.3 is 5.97 Å². The van der Waals surface area contributed by atoms with Gasteiger partial charge in [0, 0.05) is 11.9 Å². The van der Waals surface area contributed by atoms with Gasteiger partial charge in [0.2, 0.25) is 0 Å². The minimum atomic E-state index is -0.492. The first kappa shape index (κ1) is 13.4. The zero-order chi connectivity index (χ0) is 14.5. The smallest absolute Gasteiger partial charge is 0.339 e. The van der Waals surface area contributed by atoms with Gasteiger partial charge in [-0.15, -0.1) is 0 Å². The summed E-state index contributed by atoms with van der Waals surface area (Å²) in [4.78, 5) is 15.4. The molecule has 0 atom stereocenters. The Kier molecular flexibility index (Phi) is 3.82. The number of nitrogens with one attached hydrogen (secondary N) is 1. The zero-order valence-corrected chi connectivity index (χ0v) is 10.8. The number of methoxy groups -OCH3 is 1. The van der Waals surface area contributed by atoms with Gasteiger partial charge in [0.1, 0.15) is 0 Å². The summed E-state index contributed by atoms with van der Waals surface area (Å²) < 4.78 is 4.59. The van der Waals surface area contributed by atoms with Gasteiger partial charge in [-0.25, -0.2) is 9.78 Å². The SMILES string of the molecule is COC(=O)c1cnc(Nc2ccc(C#N)cc2)c(N)c1. The highest BCUT2D eigenvalue weighted by molar-refractivity contribution is 5.91. The monoisotopic (exact) mass is 268 g/mol. The molecule has 100 valence electrons. The molecule has 0 aliphatic heterocycles. The van der Waals surface area contributed by atoms with Crippen LogP contribution in [0.5, 0.6) is 0 Å². The summed E-state index contributed by atoms with van der Waals surface area (Å²) in [5.74, 6) is -0.0588. The van der Waals surface area contributed by atoms with Crippen LogP contribution in [0.15, 0.2) is 36.5 Å². The lowest BCUT2D eigenvalue weighted by molar-refractivity contribution is 0.0600. The number of pyridine rings is 1. The lowest BCUT2D eigenvalue weighted by Crippen LogP contribution is -2.05. The average Bonchev–Trinajstić information content (AvgIpc) is 2.49. The normalized spacial score (nSPS) is 9.60. The second-order valence-electron chi connectivity index (χ2n) is 3.97. The highest BCUT2D eigenvalue weighted by atomic mass is 16.5. The molecule has 1 aromatic carbocycles. The van der Waals surface area contributed by atoms with E-state index < -0.39 is 5.97 Å². The summed E-state index contributed by atoms with van der Waals surface area (Å²) in [6.45, 7) is 0. The molecule has 0 spiro atoms. The third-order valence-electron chi connectivity index (χ3n) is 2.62. The van der Waals surface area contributed by atoms with E-state index in [4.69, 9.17) is 11.0 Å². The van der Waals surface area contributed by atoms with E-state index in [-0.39, 0.29) is 5.56 Å². The Morgan fingerprint density at radius 3 is 2.65 bits per heavy atom. The molecule has 0 unspecified atom stereocenters. The number of hydrogen-bond acceptors (Lipinski definition) is 6. The number of anilines is 3. The molecule has 0 amide bonds. The Morgan fingerprint density at radius 2 is 2.10 bits per heavy atom. The van der Waals surface area contributed by atoms with E-state index >= 15 is 0 Å². The Labute approximate surface area is 115 Å². The highest BCUT2D eigenvalue weighted by Crippen LogP contribution is 2.22. The Bertz CT molecular complexity index is 675. The van der Waals surface area contributed by atoms with Crippen molar-refractivity contribution in [3.8, 4) is 6.07 Å². The molecule has 20 heavy (non-hydrogen) atoms. The molecule has 0 saturated heterocycles. The molecule has 0 fully saturated rings. The van der Waals surface area contributed by atoms with Crippen molar-refractivity contribution < 1.29 is 9.53 Å². The van der Waals surface area contributed by atoms with Crippen molar-refractivity contribution in [2.75, 3.05) is 18.2 Å². The number of carbonyl (C=O) groups is 1. The standard InChI is InChI=1S/C14H12N4O2/c1-20-14(19)10-6-12(16)13(17-8-10)18-11-4-2-9(7-15)3-5-11/h2-6,8H,16H2,1H3,(H,17,18). The minimum Gasteiger partial charge on any atom is -0.465 e. The van der Waals surface area contributed by atoms with Crippen LogP contribution in [-0.4, -0.2) is 18.1 Å². The van der Waals surface area contributed by atoms with Crippen LogP contribution in [0.1, 0.15) is 15.9 Å². The van der Waals surface area contributed by atoms with Crippen molar-refractivity contribution in [1.29, 1.82) is 5.26 Å². The predicted octanol–water partition coefficient (Wildman–Crippen LogP) is 2.07. The molecule has 6 heteroatoms. The number of ether oxygens (including phenoxy) is 1. The lowest BCUT2D eigenvalue weighted by atomic mass is 10.2. The number of nitrogens with zero attached hydrogens (tertiary/aromatic N) is 2. The first-order chi connectivity index (χ1) is 9.63. The van der Waals surface area contributed by atoms with Crippen LogP contribution in [0, 0.1) is 11.3 Å². The molecule has 0 aliphatic carbocycles. The maximum absolute atomic E-state index is 11.3. The van der Waals surface area contributed by atoms with Crippen molar-refractivity contribution in [3.63, 3.8) is 0 Å². The summed E-state index contributed by atoms with van der Waals surface area (Å²) in [5.41, 5.74) is 7.76. The molecular weight excluding hydrogens is 256 g/mol. The zero-order valence-electron chi connectivity index (χ0n) is 10.8. The lowest BCUT2D eigenvalue weighted by Gasteiger charge is -2.09. The van der Waals surface area contributed by atoms with Gasteiger partial charge in [0.25, 0.3) is 0 Å². The highest BCUT2D eigenvalue weighted by Gasteiger charge is 2.09. The second kappa shape index (κ2) is 5.71. The quantitative estimate of drug-likeness (QED) is 0.826. The molecule has 0 aliphatic rings. The van der Waals surface area contributed by atoms with Crippen LogP contribution in [0.25, 0.3) is 0 Å². The van der Waals surface area contributed by atoms with Gasteiger partial charge in [0.05, 0.1) is 30.0 Å². The topological polar surface area (TPSA) is 101 Å². The van der Waals surface area contributed by atoms with Crippen LogP contribution in [0.2, 0.25) is 0 Å². The maximum atomic E-state index is 11.3. The van der Waals surface area contributed by atoms with Crippen molar-refractivity contribution >= 4 is 23.2 Å². The van der Waals surface area contributed by atoms with E-state index in [1.807, 2.05) is 6.07 Å². The van der Waals surface area contributed by atoms with E-state index in [0.717, 1.165) is 5.69 Å². The number of aromatic nitrogens is 1. The first-order valence-corrected chi connectivity index (χ1v) is 5.75. The average molecular weight is 268 g/mol. The van der Waals surface area contributed by atoms with E-state index in [1.165, 1.54) is 19.4 Å². The fraction of sp³-hybridized carbons (Fsp3) is 0.0714. The van der Waals surface area contributed by atoms with E-state index in [2.05, 4.69) is 15.0 Å². The molecular formula is C14H12N4O2. The summed E-state index contributed by atoms with van der Waals surface area (Å²) in [6.07, 6.45) is 1.38. The molecule has 2 rings (SSSR count). The van der Waals surface area contributed by atoms with Gasteiger partial charge in [-0.2, -0.15) is 5.26 Å². The molecule has 2 aromatic rings. The molecule has 6 nitrogen and oxygen atoms in total. The number of nitrogens with two attached hydrogens (primary N) is 1. The van der Waals surface area contributed by atoms with Crippen molar-refractivity contribution in [1.82, 2.24) is 4.98 Å². The third-order valence-corrected chi connectivity index (χ3v) is 2.62. The van der Waals surface area contributed by atoms with E-state index in [9.17, 15) is 4.79 Å². The number of nitriles is 1. The summed E-state index contributed by atoms with van der Waals surface area (Å²) in [5, 5.41) is 11.7. The van der Waals surface area contributed by atoms with Crippen molar-refractivity contribution in [2.45, 2.75) is 0 Å². The molecule has 0 radical (unpaired) electrons. The fourth-order valence-electron chi connectivity index (χ4n) is 1.58. The van der Waals surface area contributed by atoms with Crippen LogP contribution < -0.4 is 11.1 Å². The Morgan fingerprint density at radius 1 is 1.40 bits per heavy atom. The van der Waals surface area contributed by atoms with Gasteiger partial charge < -0.3 is 15.8 Å². The largest absolute Gasteiger partial charge is 0.465 e. The number of esters is 1. The second-order valence-corrected chi connectivity index (χ2v) is 3.97. The van der Waals surface area contributed by atoms with Crippen molar-refractivity contribution in [3.05, 3.63) is 47.7 Å². The maximum Gasteiger partial charge on any atom is 0.339 e. The van der Waals surface area contributed by atoms with Crippen LogP contribution >= 0.6 is 0 Å². The van der Waals surface area contributed by atoms with Crippen molar-refractivity contribution in [2.24, 2.45) is 0 Å². The van der Waals surface area contributed by atoms with Gasteiger partial charge in [-0.05, 0) is 30.3 Å². The third kappa shape index (κ3) is 2.84. The van der Waals surface area contributed by atoms with Crippen LogP contribution in [0.3, 0.4) is 0 Å². The van der Waals surface area contributed by atoms with Crippen LogP contribution in [-0.2, 0) is 4.74 Å². The molecule has 0 bridgehead atoms. The number of carbonyl (C=O) groups excluding carboxylic acids is 1. The Balaban J connectivity index is 2.21. The molecule has 0 saturated carbocycles. The molecule has 3 N–H and O–H groups in total. The summed E-state index contributed by atoms with van der Waals surface area (Å²) >= 11 is 0. The predicted molar refractivity (Wildman–Crippen MR) is 74.4 cm³/mol. The van der Waals surface area contributed by atoms with E-state index in [0.29, 0.717) is 17.1 Å². The Hall–Kier alpha value is -3.07. The number of nitrogen functional groups attached to an aromatic ring is 1. The fourth-order valence-corrected chi connectivity index (χ4v) is 1.58. The number of hydrogen-bond donors (Lipinski definition) is 2. The number of benzene rings is 1.